The summed E-state index contributed by atoms with van der Waals surface area (Å²) in [7, 11) is 1.74. The van der Waals surface area contributed by atoms with Crippen molar-refractivity contribution in [2.75, 3.05) is 0 Å². The molecule has 0 aliphatic rings. The van der Waals surface area contributed by atoms with E-state index in [1.165, 1.54) is 12.1 Å². The maximum absolute atomic E-state index is 13.1. The topological polar surface area (TPSA) is 58.3 Å². The normalized spacial score (nSPS) is 10.8. The average Bonchev–Trinajstić information content (AvgIpc) is 2.70. The van der Waals surface area contributed by atoms with E-state index in [9.17, 15) is 14.6 Å². The van der Waals surface area contributed by atoms with Gasteiger partial charge in [-0.1, -0.05) is 0 Å². The molecule has 1 aromatic heterocycles. The van der Waals surface area contributed by atoms with Gasteiger partial charge in [0.05, 0.1) is 25.1 Å². The Morgan fingerprint density at radius 3 is 2.59 bits per heavy atom. The Kier molecular flexibility index (Phi) is 3.21. The summed E-state index contributed by atoms with van der Waals surface area (Å²) in [6.07, 6.45) is 1.56. The first kappa shape index (κ1) is 11.8. The fourth-order valence-corrected chi connectivity index (χ4v) is 1.87. The summed E-state index contributed by atoms with van der Waals surface area (Å²) in [5.41, 5.74) is 2.49. The molecule has 0 saturated carbocycles. The summed E-state index contributed by atoms with van der Waals surface area (Å²) in [5.74, 6) is -0.398. The molecular formula is C12H13FN2O2. The molecule has 0 atom stereocenters. The van der Waals surface area contributed by atoms with Crippen molar-refractivity contribution < 1.29 is 14.6 Å². The lowest BCUT2D eigenvalue weighted by atomic mass is 10.0. The molecule has 17 heavy (non-hydrogen) atoms. The number of aromatic nitrogens is 2. The minimum atomic E-state index is -0.398. The molecule has 0 spiro atoms. The Hall–Kier alpha value is -1.72. The van der Waals surface area contributed by atoms with Crippen LogP contribution in [0.1, 0.15) is 11.1 Å². The molecule has 0 fully saturated rings. The van der Waals surface area contributed by atoms with Crippen LogP contribution in [0.5, 0.6) is 0 Å². The standard InChI is InChI=1S/C12H13FN2O2/c1-15-12(9(7-17)5-14-15)11-3-2-10(13)4-8(11)6-16/h2-5,16-17H,6-7H2,1H3. The van der Waals surface area contributed by atoms with E-state index in [2.05, 4.69) is 5.10 Å². The number of nitrogens with zero attached hydrogens (tertiary/aromatic N) is 2. The number of benzene rings is 1. The fraction of sp³-hybridized carbons (Fsp3) is 0.250. The van der Waals surface area contributed by atoms with E-state index in [4.69, 9.17) is 0 Å². The van der Waals surface area contributed by atoms with E-state index in [1.54, 1.807) is 24.0 Å². The highest BCUT2D eigenvalue weighted by molar-refractivity contribution is 5.67. The summed E-state index contributed by atoms with van der Waals surface area (Å²) >= 11 is 0. The molecule has 1 heterocycles. The molecule has 0 bridgehead atoms. The van der Waals surface area contributed by atoms with Gasteiger partial charge in [-0.25, -0.2) is 4.39 Å². The van der Waals surface area contributed by atoms with Crippen molar-refractivity contribution in [1.29, 1.82) is 0 Å². The van der Waals surface area contributed by atoms with Crippen LogP contribution in [0.25, 0.3) is 11.3 Å². The van der Waals surface area contributed by atoms with Gasteiger partial charge in [0.2, 0.25) is 0 Å². The fourth-order valence-electron chi connectivity index (χ4n) is 1.87. The second-order valence-electron chi connectivity index (χ2n) is 3.76. The highest BCUT2D eigenvalue weighted by Crippen LogP contribution is 2.27. The van der Waals surface area contributed by atoms with Crippen molar-refractivity contribution in [1.82, 2.24) is 9.78 Å². The highest BCUT2D eigenvalue weighted by Gasteiger charge is 2.14. The molecule has 4 nitrogen and oxygen atoms in total. The number of hydrogen-bond acceptors (Lipinski definition) is 3. The lowest BCUT2D eigenvalue weighted by Gasteiger charge is -2.10. The molecule has 0 aliphatic carbocycles. The maximum Gasteiger partial charge on any atom is 0.123 e. The zero-order valence-corrected chi connectivity index (χ0v) is 9.39. The van der Waals surface area contributed by atoms with Gasteiger partial charge in [-0.3, -0.25) is 4.68 Å². The number of halogens is 1. The lowest BCUT2D eigenvalue weighted by molar-refractivity contribution is 0.280. The molecule has 1 aromatic carbocycles. The second-order valence-corrected chi connectivity index (χ2v) is 3.76. The molecular weight excluding hydrogens is 223 g/mol. The lowest BCUT2D eigenvalue weighted by Crippen LogP contribution is -2.00. The third-order valence-corrected chi connectivity index (χ3v) is 2.68. The summed E-state index contributed by atoms with van der Waals surface area (Å²) in [6, 6.07) is 4.18. The van der Waals surface area contributed by atoms with Gasteiger partial charge in [0.15, 0.2) is 0 Å². The quantitative estimate of drug-likeness (QED) is 0.842. The van der Waals surface area contributed by atoms with Gasteiger partial charge >= 0.3 is 0 Å². The van der Waals surface area contributed by atoms with Crippen LogP contribution in [0.4, 0.5) is 4.39 Å². The van der Waals surface area contributed by atoms with Crippen LogP contribution in [0.2, 0.25) is 0 Å². The van der Waals surface area contributed by atoms with Crippen molar-refractivity contribution in [3.05, 3.63) is 41.3 Å². The monoisotopic (exact) mass is 236 g/mol. The van der Waals surface area contributed by atoms with Crippen LogP contribution in [0, 0.1) is 5.82 Å². The van der Waals surface area contributed by atoms with E-state index in [0.29, 0.717) is 22.4 Å². The predicted molar refractivity (Wildman–Crippen MR) is 60.4 cm³/mol. The van der Waals surface area contributed by atoms with Crippen molar-refractivity contribution >= 4 is 0 Å². The third kappa shape index (κ3) is 2.07. The second kappa shape index (κ2) is 4.65. The minimum Gasteiger partial charge on any atom is -0.392 e. The Morgan fingerprint density at radius 1 is 1.24 bits per heavy atom. The van der Waals surface area contributed by atoms with Gasteiger partial charge in [-0.2, -0.15) is 5.10 Å². The van der Waals surface area contributed by atoms with Gasteiger partial charge in [-0.05, 0) is 23.8 Å². The Bertz CT molecular complexity index is 537. The van der Waals surface area contributed by atoms with Gasteiger partial charge in [0.1, 0.15) is 5.82 Å². The number of rotatable bonds is 3. The van der Waals surface area contributed by atoms with Gasteiger partial charge in [0, 0.05) is 18.2 Å². The summed E-state index contributed by atoms with van der Waals surface area (Å²) in [4.78, 5) is 0. The van der Waals surface area contributed by atoms with E-state index >= 15 is 0 Å². The molecule has 90 valence electrons. The summed E-state index contributed by atoms with van der Waals surface area (Å²) < 4.78 is 14.7. The first-order chi connectivity index (χ1) is 8.17. The molecule has 0 saturated heterocycles. The number of aliphatic hydroxyl groups is 2. The van der Waals surface area contributed by atoms with E-state index in [0.717, 1.165) is 0 Å². The Balaban J connectivity index is 2.63. The van der Waals surface area contributed by atoms with Gasteiger partial charge in [0.25, 0.3) is 0 Å². The van der Waals surface area contributed by atoms with E-state index in [-0.39, 0.29) is 13.2 Å². The summed E-state index contributed by atoms with van der Waals surface area (Å²) in [5, 5.41) is 22.5. The molecule has 0 radical (unpaired) electrons. The molecule has 2 N–H and O–H groups in total. The third-order valence-electron chi connectivity index (χ3n) is 2.68. The number of hydrogen-bond donors (Lipinski definition) is 2. The van der Waals surface area contributed by atoms with Crippen LogP contribution in [-0.2, 0) is 20.3 Å². The van der Waals surface area contributed by atoms with Crippen LogP contribution < -0.4 is 0 Å². The van der Waals surface area contributed by atoms with Crippen molar-refractivity contribution in [2.24, 2.45) is 7.05 Å². The van der Waals surface area contributed by atoms with Crippen LogP contribution >= 0.6 is 0 Å². The van der Waals surface area contributed by atoms with E-state index in [1.807, 2.05) is 0 Å². The molecule has 2 rings (SSSR count). The average molecular weight is 236 g/mol. The minimum absolute atomic E-state index is 0.147. The Morgan fingerprint density at radius 2 is 1.94 bits per heavy atom. The molecule has 0 amide bonds. The summed E-state index contributed by atoms with van der Waals surface area (Å²) in [6.45, 7) is -0.408. The smallest absolute Gasteiger partial charge is 0.123 e. The highest BCUT2D eigenvalue weighted by atomic mass is 19.1. The van der Waals surface area contributed by atoms with E-state index < -0.39 is 5.82 Å². The first-order valence-corrected chi connectivity index (χ1v) is 5.18. The van der Waals surface area contributed by atoms with Gasteiger partial charge in [-0.15, -0.1) is 0 Å². The Labute approximate surface area is 97.9 Å². The molecule has 0 aliphatic heterocycles. The molecule has 2 aromatic rings. The van der Waals surface area contributed by atoms with Crippen LogP contribution in [0.15, 0.2) is 24.4 Å². The zero-order chi connectivity index (χ0) is 12.4. The predicted octanol–water partition coefficient (Wildman–Crippen LogP) is 1.21. The largest absolute Gasteiger partial charge is 0.392 e. The molecule has 5 heteroatoms. The number of aliphatic hydroxyl groups excluding tert-OH is 2. The van der Waals surface area contributed by atoms with Crippen molar-refractivity contribution in [3.63, 3.8) is 0 Å². The zero-order valence-electron chi connectivity index (χ0n) is 9.39. The van der Waals surface area contributed by atoms with Gasteiger partial charge < -0.3 is 10.2 Å². The van der Waals surface area contributed by atoms with Crippen molar-refractivity contribution in [2.45, 2.75) is 13.2 Å². The van der Waals surface area contributed by atoms with Crippen molar-refractivity contribution in [3.8, 4) is 11.3 Å². The molecule has 0 unspecified atom stereocenters. The van der Waals surface area contributed by atoms with Crippen LogP contribution in [-0.4, -0.2) is 20.0 Å². The number of aryl methyl sites for hydroxylation is 1. The van der Waals surface area contributed by atoms with Crippen LogP contribution in [0.3, 0.4) is 0 Å². The maximum atomic E-state index is 13.1. The first-order valence-electron chi connectivity index (χ1n) is 5.18. The SMILES string of the molecule is Cn1ncc(CO)c1-c1ccc(F)cc1CO.